The van der Waals surface area contributed by atoms with Crippen LogP contribution in [-0.4, -0.2) is 36.4 Å². The van der Waals surface area contributed by atoms with E-state index in [1.165, 1.54) is 148 Å². The van der Waals surface area contributed by atoms with Crippen LogP contribution in [0.1, 0.15) is 226 Å². The zero-order valence-corrected chi connectivity index (χ0v) is 33.9. The average Bonchev–Trinajstić information content (AvgIpc) is 3.13. The molecule has 1 N–H and O–H groups in total. The molecule has 0 aromatic carbocycles. The first-order valence-corrected chi connectivity index (χ1v) is 22.0. The van der Waals surface area contributed by atoms with Crippen LogP contribution in [0.15, 0.2) is 36.5 Å². The van der Waals surface area contributed by atoms with Crippen molar-refractivity contribution >= 4 is 11.9 Å². The maximum Gasteiger partial charge on any atom is 0.306 e. The van der Waals surface area contributed by atoms with Crippen LogP contribution in [0.4, 0.5) is 0 Å². The van der Waals surface area contributed by atoms with Crippen molar-refractivity contribution in [3.63, 3.8) is 0 Å². The van der Waals surface area contributed by atoms with E-state index in [1.54, 1.807) is 0 Å². The highest BCUT2D eigenvalue weighted by Gasteiger charge is 2.16. The third-order valence-corrected chi connectivity index (χ3v) is 9.66. The number of aliphatic hydroxyl groups is 1. The predicted molar refractivity (Wildman–Crippen MR) is 219 cm³/mol. The number of allylic oxidation sites excluding steroid dienone is 6. The van der Waals surface area contributed by atoms with Crippen LogP contribution in [0.2, 0.25) is 0 Å². The number of aliphatic hydroxyl groups excluding tert-OH is 1. The van der Waals surface area contributed by atoms with Crippen LogP contribution in [0.5, 0.6) is 0 Å². The molecular formula is C46H84O5. The van der Waals surface area contributed by atoms with Crippen LogP contribution in [0.25, 0.3) is 0 Å². The van der Waals surface area contributed by atoms with Crippen LogP contribution in [0, 0.1) is 0 Å². The second-order valence-electron chi connectivity index (χ2n) is 14.8. The summed E-state index contributed by atoms with van der Waals surface area (Å²) in [5.41, 5.74) is 0. The Bertz CT molecular complexity index is 816. The molecule has 0 aromatic heterocycles. The van der Waals surface area contributed by atoms with Gasteiger partial charge < -0.3 is 14.6 Å². The molecule has 0 saturated carbocycles. The van der Waals surface area contributed by atoms with E-state index in [-0.39, 0.29) is 25.2 Å². The maximum atomic E-state index is 12.2. The lowest BCUT2D eigenvalue weighted by molar-refractivity contribution is -0.161. The Morgan fingerprint density at radius 3 is 1.18 bits per heavy atom. The fourth-order valence-electron chi connectivity index (χ4n) is 6.29. The fourth-order valence-corrected chi connectivity index (χ4v) is 6.29. The van der Waals surface area contributed by atoms with Crippen molar-refractivity contribution in [3.8, 4) is 0 Å². The topological polar surface area (TPSA) is 72.8 Å². The molecule has 5 nitrogen and oxygen atoms in total. The van der Waals surface area contributed by atoms with Gasteiger partial charge in [0.1, 0.15) is 6.61 Å². The van der Waals surface area contributed by atoms with Gasteiger partial charge in [-0.25, -0.2) is 0 Å². The van der Waals surface area contributed by atoms with E-state index in [4.69, 9.17) is 9.47 Å². The summed E-state index contributed by atoms with van der Waals surface area (Å²) in [5, 5.41) is 9.58. The monoisotopic (exact) mass is 717 g/mol. The second kappa shape index (κ2) is 42.5. The minimum absolute atomic E-state index is 0.0702. The van der Waals surface area contributed by atoms with Gasteiger partial charge in [0.25, 0.3) is 0 Å². The molecule has 0 saturated heterocycles. The summed E-state index contributed by atoms with van der Waals surface area (Å²) in [5.74, 6) is -0.600. The van der Waals surface area contributed by atoms with Crippen molar-refractivity contribution in [2.75, 3.05) is 13.2 Å². The van der Waals surface area contributed by atoms with Crippen molar-refractivity contribution in [1.82, 2.24) is 0 Å². The van der Waals surface area contributed by atoms with Crippen molar-refractivity contribution in [3.05, 3.63) is 36.5 Å². The van der Waals surface area contributed by atoms with Gasteiger partial charge in [-0.2, -0.15) is 0 Å². The molecule has 0 spiro atoms. The Morgan fingerprint density at radius 2 is 0.784 bits per heavy atom. The molecule has 1 unspecified atom stereocenters. The third-order valence-electron chi connectivity index (χ3n) is 9.66. The number of rotatable bonds is 40. The molecule has 0 aliphatic heterocycles. The van der Waals surface area contributed by atoms with Crippen molar-refractivity contribution in [2.45, 2.75) is 232 Å². The largest absolute Gasteiger partial charge is 0.462 e. The van der Waals surface area contributed by atoms with Crippen molar-refractivity contribution < 1.29 is 24.2 Å². The molecule has 1 atom stereocenters. The van der Waals surface area contributed by atoms with Crippen LogP contribution < -0.4 is 0 Å². The summed E-state index contributed by atoms with van der Waals surface area (Å²) in [4.78, 5) is 24.3. The van der Waals surface area contributed by atoms with Crippen LogP contribution in [-0.2, 0) is 19.1 Å². The minimum Gasteiger partial charge on any atom is -0.462 e. The van der Waals surface area contributed by atoms with Gasteiger partial charge in [0.15, 0.2) is 6.10 Å². The Labute approximate surface area is 316 Å². The summed E-state index contributed by atoms with van der Waals surface area (Å²) in [7, 11) is 0. The summed E-state index contributed by atoms with van der Waals surface area (Å²) in [6, 6.07) is 0. The van der Waals surface area contributed by atoms with E-state index in [2.05, 4.69) is 50.3 Å². The quantitative estimate of drug-likeness (QED) is 0.0388. The van der Waals surface area contributed by atoms with Gasteiger partial charge in [-0.05, 0) is 70.6 Å². The minimum atomic E-state index is -0.775. The third kappa shape index (κ3) is 40.7. The van der Waals surface area contributed by atoms with Gasteiger partial charge in [-0.3, -0.25) is 9.59 Å². The molecule has 0 aliphatic rings. The first-order chi connectivity index (χ1) is 25.1. The molecule has 5 heteroatoms. The summed E-state index contributed by atoms with van der Waals surface area (Å²) in [6.07, 6.45) is 52.1. The summed E-state index contributed by atoms with van der Waals surface area (Å²) >= 11 is 0. The Morgan fingerprint density at radius 1 is 0.451 bits per heavy atom. The van der Waals surface area contributed by atoms with Crippen molar-refractivity contribution in [1.29, 1.82) is 0 Å². The van der Waals surface area contributed by atoms with Crippen LogP contribution in [0.3, 0.4) is 0 Å². The maximum absolute atomic E-state index is 12.2. The molecule has 0 fully saturated rings. The predicted octanol–water partition coefficient (Wildman–Crippen LogP) is 14.0. The van der Waals surface area contributed by atoms with Crippen molar-refractivity contribution in [2.24, 2.45) is 0 Å². The lowest BCUT2D eigenvalue weighted by Gasteiger charge is -2.15. The summed E-state index contributed by atoms with van der Waals surface area (Å²) < 4.78 is 10.6. The number of hydrogen-bond acceptors (Lipinski definition) is 5. The van der Waals surface area contributed by atoms with E-state index in [0.717, 1.165) is 51.4 Å². The molecular weight excluding hydrogens is 633 g/mol. The Balaban J connectivity index is 3.54. The first kappa shape index (κ1) is 49.1. The van der Waals surface area contributed by atoms with Gasteiger partial charge in [0, 0.05) is 12.8 Å². The Hall–Kier alpha value is -1.88. The number of carbonyl (C=O) groups is 2. The van der Waals surface area contributed by atoms with E-state index in [1.807, 2.05) is 0 Å². The van der Waals surface area contributed by atoms with Gasteiger partial charge in [0.05, 0.1) is 6.61 Å². The number of carbonyl (C=O) groups excluding carboxylic acids is 2. The number of unbranched alkanes of at least 4 members (excludes halogenated alkanes) is 26. The smallest absolute Gasteiger partial charge is 0.306 e. The Kier molecular flexibility index (Phi) is 41.0. The molecule has 0 amide bonds. The van der Waals surface area contributed by atoms with Gasteiger partial charge in [0.2, 0.25) is 0 Å². The van der Waals surface area contributed by atoms with E-state index in [9.17, 15) is 14.7 Å². The lowest BCUT2D eigenvalue weighted by Crippen LogP contribution is -2.28. The highest BCUT2D eigenvalue weighted by atomic mass is 16.6. The SMILES string of the molecule is CCCCCCC/C=C\C/C=C\CCCCCCCCCCCC(=O)OC(CO)COC(=O)CCCCCCC/C=C\CCCCCCCCC. The molecule has 0 aromatic rings. The van der Waals surface area contributed by atoms with Gasteiger partial charge >= 0.3 is 11.9 Å². The number of ether oxygens (including phenoxy) is 2. The molecule has 0 radical (unpaired) electrons. The van der Waals surface area contributed by atoms with Gasteiger partial charge in [-0.15, -0.1) is 0 Å². The van der Waals surface area contributed by atoms with E-state index in [0.29, 0.717) is 12.8 Å². The zero-order valence-electron chi connectivity index (χ0n) is 33.9. The van der Waals surface area contributed by atoms with Gasteiger partial charge in [-0.1, -0.05) is 179 Å². The number of esters is 2. The average molecular weight is 717 g/mol. The van der Waals surface area contributed by atoms with Crippen LogP contribution >= 0.6 is 0 Å². The summed E-state index contributed by atoms with van der Waals surface area (Å²) in [6.45, 7) is 4.13. The number of hydrogen-bond donors (Lipinski definition) is 1. The standard InChI is InChI=1S/C46H84O5/c1-3-5-7-9-11-13-15-17-19-21-22-23-24-25-27-29-31-33-35-37-39-41-46(49)51-44(42-47)43-50-45(48)40-38-36-34-32-30-28-26-20-18-16-14-12-10-8-6-4-2/h15,17,20-22,26,44,47H,3-14,16,18-19,23-25,27-43H2,1-2H3/b17-15-,22-21-,26-20-. The second-order valence-corrected chi connectivity index (χ2v) is 14.8. The first-order valence-electron chi connectivity index (χ1n) is 22.0. The molecule has 0 aliphatic carbocycles. The normalized spacial score (nSPS) is 12.5. The highest BCUT2D eigenvalue weighted by Crippen LogP contribution is 2.14. The molecule has 0 heterocycles. The fraction of sp³-hybridized carbons (Fsp3) is 0.826. The lowest BCUT2D eigenvalue weighted by atomic mass is 10.1. The molecule has 0 rings (SSSR count). The van der Waals surface area contributed by atoms with E-state index < -0.39 is 6.10 Å². The van der Waals surface area contributed by atoms with E-state index >= 15 is 0 Å². The zero-order chi connectivity index (χ0) is 37.1. The molecule has 0 bridgehead atoms. The molecule has 298 valence electrons. The highest BCUT2D eigenvalue weighted by molar-refractivity contribution is 5.70. The molecule has 51 heavy (non-hydrogen) atoms.